The van der Waals surface area contributed by atoms with Crippen LogP contribution in [-0.2, 0) is 9.59 Å². The normalized spacial score (nSPS) is 25.1. The first kappa shape index (κ1) is 13.4. The first-order valence-electron chi connectivity index (χ1n) is 7.32. The summed E-state index contributed by atoms with van der Waals surface area (Å²) in [5.41, 5.74) is 0.187. The average molecular weight is 280 g/mol. The van der Waals surface area contributed by atoms with E-state index in [-0.39, 0.29) is 29.1 Å². The van der Waals surface area contributed by atoms with E-state index in [2.05, 4.69) is 5.32 Å². The summed E-state index contributed by atoms with van der Waals surface area (Å²) in [7, 11) is 0. The fourth-order valence-corrected chi connectivity index (χ4v) is 3.53. The predicted octanol–water partition coefficient (Wildman–Crippen LogP) is 1.00. The molecule has 0 aromatic rings. The van der Waals surface area contributed by atoms with Crippen molar-refractivity contribution in [3.05, 3.63) is 0 Å². The lowest BCUT2D eigenvalue weighted by Gasteiger charge is -2.51. The van der Waals surface area contributed by atoms with E-state index in [0.29, 0.717) is 13.1 Å². The van der Waals surface area contributed by atoms with Crippen molar-refractivity contribution in [3.8, 4) is 0 Å². The van der Waals surface area contributed by atoms with Gasteiger partial charge in [-0.15, -0.1) is 0 Å². The summed E-state index contributed by atoms with van der Waals surface area (Å²) in [6, 6.07) is 0.0582. The Hall–Kier alpha value is -1.59. The molecule has 0 radical (unpaired) electrons. The zero-order valence-corrected chi connectivity index (χ0v) is 11.4. The predicted molar refractivity (Wildman–Crippen MR) is 70.2 cm³/mol. The van der Waals surface area contributed by atoms with Gasteiger partial charge >= 0.3 is 6.09 Å². The smallest absolute Gasteiger partial charge is 0.404 e. The highest BCUT2D eigenvalue weighted by Gasteiger charge is 2.47. The molecule has 6 nitrogen and oxygen atoms in total. The van der Waals surface area contributed by atoms with Crippen molar-refractivity contribution in [3.63, 3.8) is 0 Å². The molecular formula is C14H20N2O4. The molecule has 1 spiro atoms. The molecule has 3 rings (SSSR count). The maximum Gasteiger partial charge on any atom is 0.404 e. The van der Waals surface area contributed by atoms with Crippen molar-refractivity contribution in [2.45, 2.75) is 44.6 Å². The number of ketones is 1. The molecule has 0 atom stereocenters. The van der Waals surface area contributed by atoms with Gasteiger partial charge in [0.2, 0.25) is 5.78 Å². The quantitative estimate of drug-likeness (QED) is 0.755. The number of likely N-dealkylation sites (tertiary alicyclic amines) is 1. The molecule has 0 aromatic carbocycles. The number of carbonyl (C=O) groups excluding carboxylic acids is 2. The highest BCUT2D eigenvalue weighted by molar-refractivity contribution is 6.37. The van der Waals surface area contributed by atoms with E-state index in [0.717, 1.165) is 38.5 Å². The zero-order chi connectivity index (χ0) is 14.3. The van der Waals surface area contributed by atoms with Crippen LogP contribution >= 0.6 is 0 Å². The van der Waals surface area contributed by atoms with Gasteiger partial charge in [-0.1, -0.05) is 0 Å². The molecule has 110 valence electrons. The Morgan fingerprint density at radius 3 is 2.20 bits per heavy atom. The van der Waals surface area contributed by atoms with Crippen LogP contribution < -0.4 is 5.32 Å². The molecule has 6 heteroatoms. The number of hydrogen-bond donors (Lipinski definition) is 2. The summed E-state index contributed by atoms with van der Waals surface area (Å²) < 4.78 is 0. The molecule has 2 saturated carbocycles. The molecule has 0 unspecified atom stereocenters. The average Bonchev–Trinajstić information content (AvgIpc) is 3.20. The minimum absolute atomic E-state index is 0.00811. The van der Waals surface area contributed by atoms with Crippen molar-refractivity contribution in [1.29, 1.82) is 0 Å². The number of nitrogens with one attached hydrogen (secondary N) is 1. The molecule has 2 N–H and O–H groups in total. The minimum Gasteiger partial charge on any atom is -0.465 e. The number of rotatable bonds is 3. The van der Waals surface area contributed by atoms with Crippen LogP contribution in [0.15, 0.2) is 0 Å². The van der Waals surface area contributed by atoms with E-state index < -0.39 is 6.09 Å². The third kappa shape index (κ3) is 2.51. The fraction of sp³-hybridized carbons (Fsp3) is 0.786. The van der Waals surface area contributed by atoms with Gasteiger partial charge in [-0.2, -0.15) is 0 Å². The molecule has 0 bridgehead atoms. The van der Waals surface area contributed by atoms with Crippen molar-refractivity contribution in [1.82, 2.24) is 10.2 Å². The lowest BCUT2D eigenvalue weighted by Crippen LogP contribution is -2.56. The summed E-state index contributed by atoms with van der Waals surface area (Å²) in [5, 5.41) is 11.2. The van der Waals surface area contributed by atoms with Crippen LogP contribution in [0.5, 0.6) is 0 Å². The maximum atomic E-state index is 12.0. The molecule has 2 aliphatic carbocycles. The van der Waals surface area contributed by atoms with Crippen molar-refractivity contribution >= 4 is 17.8 Å². The molecule has 3 aliphatic rings. The Balaban J connectivity index is 1.47. The van der Waals surface area contributed by atoms with Crippen LogP contribution in [0.25, 0.3) is 0 Å². The Kier molecular flexibility index (Phi) is 3.18. The van der Waals surface area contributed by atoms with Crippen LogP contribution in [-0.4, -0.2) is 46.9 Å². The van der Waals surface area contributed by atoms with Crippen LogP contribution in [0.1, 0.15) is 38.5 Å². The van der Waals surface area contributed by atoms with E-state index in [1.165, 1.54) is 0 Å². The summed E-state index contributed by atoms with van der Waals surface area (Å²) >= 11 is 0. The number of nitrogens with zero attached hydrogens (tertiary/aromatic N) is 1. The third-order valence-electron chi connectivity index (χ3n) is 4.96. The van der Waals surface area contributed by atoms with Crippen molar-refractivity contribution in [2.75, 3.05) is 13.1 Å². The van der Waals surface area contributed by atoms with Gasteiger partial charge in [0.15, 0.2) is 0 Å². The topological polar surface area (TPSA) is 86.7 Å². The van der Waals surface area contributed by atoms with E-state index in [1.807, 2.05) is 0 Å². The Morgan fingerprint density at radius 2 is 1.70 bits per heavy atom. The zero-order valence-electron chi connectivity index (χ0n) is 11.4. The number of carbonyl (C=O) groups is 3. The van der Waals surface area contributed by atoms with Crippen LogP contribution in [0.2, 0.25) is 0 Å². The van der Waals surface area contributed by atoms with Gasteiger partial charge < -0.3 is 15.3 Å². The molecule has 1 saturated heterocycles. The first-order chi connectivity index (χ1) is 9.49. The van der Waals surface area contributed by atoms with Crippen LogP contribution in [0.3, 0.4) is 0 Å². The van der Waals surface area contributed by atoms with Crippen molar-refractivity contribution in [2.24, 2.45) is 11.3 Å². The van der Waals surface area contributed by atoms with Gasteiger partial charge in [-0.05, 0) is 43.9 Å². The van der Waals surface area contributed by atoms with E-state index in [1.54, 1.807) is 4.90 Å². The first-order valence-corrected chi connectivity index (χ1v) is 7.32. The Labute approximate surface area is 117 Å². The van der Waals surface area contributed by atoms with Gasteiger partial charge in [0.25, 0.3) is 5.91 Å². The summed E-state index contributed by atoms with van der Waals surface area (Å²) in [5.74, 6) is -0.520. The lowest BCUT2D eigenvalue weighted by molar-refractivity contribution is -0.147. The lowest BCUT2D eigenvalue weighted by atomic mass is 9.60. The highest BCUT2D eigenvalue weighted by Crippen LogP contribution is 2.49. The number of hydrogen-bond acceptors (Lipinski definition) is 3. The SMILES string of the molecule is O=C(O)NC1CC2(CCN(C(=O)C(=O)C3CC3)CC2)C1. The van der Waals surface area contributed by atoms with Gasteiger partial charge in [-0.25, -0.2) is 4.79 Å². The third-order valence-corrected chi connectivity index (χ3v) is 4.96. The highest BCUT2D eigenvalue weighted by atomic mass is 16.4. The summed E-state index contributed by atoms with van der Waals surface area (Å²) in [4.78, 5) is 36.0. The van der Waals surface area contributed by atoms with Gasteiger partial charge in [0, 0.05) is 25.0 Å². The Bertz CT molecular complexity index is 442. The number of piperidine rings is 1. The van der Waals surface area contributed by atoms with Gasteiger partial charge in [0.1, 0.15) is 0 Å². The van der Waals surface area contributed by atoms with E-state index in [9.17, 15) is 14.4 Å². The second kappa shape index (κ2) is 4.75. The molecule has 1 aliphatic heterocycles. The number of carboxylic acid groups (broad SMARTS) is 1. The fourth-order valence-electron chi connectivity index (χ4n) is 3.53. The second-order valence-electron chi connectivity index (χ2n) is 6.49. The molecular weight excluding hydrogens is 260 g/mol. The van der Waals surface area contributed by atoms with E-state index >= 15 is 0 Å². The molecule has 20 heavy (non-hydrogen) atoms. The monoisotopic (exact) mass is 280 g/mol. The maximum absolute atomic E-state index is 12.0. The molecule has 0 aromatic heterocycles. The van der Waals surface area contributed by atoms with Gasteiger partial charge in [-0.3, -0.25) is 9.59 Å². The Morgan fingerprint density at radius 1 is 1.10 bits per heavy atom. The number of Topliss-reactive ketones (excluding diaryl/α,β-unsaturated/α-hetero) is 1. The second-order valence-corrected chi connectivity index (χ2v) is 6.49. The minimum atomic E-state index is -0.965. The molecule has 2 amide bonds. The van der Waals surface area contributed by atoms with Crippen LogP contribution in [0, 0.1) is 11.3 Å². The molecule has 3 fully saturated rings. The van der Waals surface area contributed by atoms with Crippen LogP contribution in [0.4, 0.5) is 4.79 Å². The van der Waals surface area contributed by atoms with Gasteiger partial charge in [0.05, 0.1) is 0 Å². The summed E-state index contributed by atoms with van der Waals surface area (Å²) in [6.07, 6.45) is 4.25. The summed E-state index contributed by atoms with van der Waals surface area (Å²) in [6.45, 7) is 1.27. The molecule has 1 heterocycles. The number of amides is 2. The standard InChI is InChI=1S/C14H20N2O4/c17-11(9-1-2-9)12(18)16-5-3-14(4-6-16)7-10(8-14)15-13(19)20/h9-10,15H,1-8H2,(H,19,20). The van der Waals surface area contributed by atoms with Crippen molar-refractivity contribution < 1.29 is 19.5 Å². The largest absolute Gasteiger partial charge is 0.465 e. The van der Waals surface area contributed by atoms with E-state index in [4.69, 9.17) is 5.11 Å².